The number of hydrogen-bond acceptors (Lipinski definition) is 4. The van der Waals surface area contributed by atoms with Crippen LogP contribution in [0.25, 0.3) is 0 Å². The number of aliphatic hydroxyl groups is 1. The Balaban J connectivity index is 2.06. The van der Waals surface area contributed by atoms with E-state index in [-0.39, 0.29) is 30.3 Å². The summed E-state index contributed by atoms with van der Waals surface area (Å²) >= 11 is 1.48. The summed E-state index contributed by atoms with van der Waals surface area (Å²) in [5, 5.41) is 8.67. The number of likely N-dealkylation sites (tertiary alicyclic amines) is 1. The molecule has 20 heavy (non-hydrogen) atoms. The van der Waals surface area contributed by atoms with E-state index < -0.39 is 0 Å². The van der Waals surface area contributed by atoms with Crippen LogP contribution in [0.4, 0.5) is 0 Å². The average molecular weight is 291 g/mol. The van der Waals surface area contributed by atoms with E-state index in [0.717, 1.165) is 9.75 Å². The fraction of sp³-hybridized carbons (Fsp3) is 0.467. The van der Waals surface area contributed by atoms with Gasteiger partial charge in [-0.3, -0.25) is 14.5 Å². The monoisotopic (exact) mass is 291 g/mol. The van der Waals surface area contributed by atoms with Gasteiger partial charge in [-0.05, 0) is 12.1 Å². The summed E-state index contributed by atoms with van der Waals surface area (Å²) in [7, 11) is 0. The number of hydrogen-bond donors (Lipinski definition) is 1. The number of imide groups is 1. The molecular formula is C15H17NO3S. The summed E-state index contributed by atoms with van der Waals surface area (Å²) in [5.41, 5.74) is 0. The number of thiophene rings is 1. The van der Waals surface area contributed by atoms with Crippen molar-refractivity contribution in [3.63, 3.8) is 0 Å². The van der Waals surface area contributed by atoms with Crippen molar-refractivity contribution < 1.29 is 14.7 Å². The van der Waals surface area contributed by atoms with E-state index in [9.17, 15) is 9.59 Å². The molecule has 0 spiro atoms. The molecule has 2 rings (SSSR count). The number of nitrogens with zero attached hydrogens (tertiary/aromatic N) is 1. The number of amides is 2. The molecule has 106 valence electrons. The minimum atomic E-state index is -0.230. The maximum atomic E-state index is 12.0. The van der Waals surface area contributed by atoms with Crippen LogP contribution in [-0.4, -0.2) is 28.4 Å². The fourth-order valence-corrected chi connectivity index (χ4v) is 2.95. The predicted molar refractivity (Wildman–Crippen MR) is 76.8 cm³/mol. The van der Waals surface area contributed by atoms with Crippen LogP contribution < -0.4 is 0 Å². The van der Waals surface area contributed by atoms with Gasteiger partial charge in [0, 0.05) is 23.1 Å². The lowest BCUT2D eigenvalue weighted by Gasteiger charge is -2.12. The Labute approximate surface area is 122 Å². The second-order valence-electron chi connectivity index (χ2n) is 4.88. The van der Waals surface area contributed by atoms with Gasteiger partial charge >= 0.3 is 0 Å². The van der Waals surface area contributed by atoms with Crippen molar-refractivity contribution in [2.45, 2.75) is 26.8 Å². The SMILES string of the molecule is CC1C(=O)N(Cc2ccc(C#CCCO)s2)C(=O)C1C. The van der Waals surface area contributed by atoms with Crippen molar-refractivity contribution in [3.05, 3.63) is 21.9 Å². The number of aliphatic hydroxyl groups excluding tert-OH is 1. The van der Waals surface area contributed by atoms with Crippen molar-refractivity contribution in [1.29, 1.82) is 0 Å². The van der Waals surface area contributed by atoms with Crippen LogP contribution in [0.2, 0.25) is 0 Å². The molecule has 1 aliphatic rings. The summed E-state index contributed by atoms with van der Waals surface area (Å²) in [6.45, 7) is 3.98. The third kappa shape index (κ3) is 2.92. The Morgan fingerprint density at radius 1 is 1.25 bits per heavy atom. The maximum Gasteiger partial charge on any atom is 0.233 e. The average Bonchev–Trinajstić information content (AvgIpc) is 2.95. The standard InChI is InChI=1S/C15H17NO3S/c1-10-11(2)15(19)16(14(10)18)9-13-7-6-12(20-13)5-3-4-8-17/h6-7,10-11,17H,4,8-9H2,1-2H3. The van der Waals surface area contributed by atoms with Crippen LogP contribution in [0.15, 0.2) is 12.1 Å². The van der Waals surface area contributed by atoms with Gasteiger partial charge in [-0.25, -0.2) is 0 Å². The Kier molecular flexibility index (Phi) is 4.58. The van der Waals surface area contributed by atoms with E-state index >= 15 is 0 Å². The van der Waals surface area contributed by atoms with Gasteiger partial charge < -0.3 is 5.11 Å². The van der Waals surface area contributed by atoms with Gasteiger partial charge in [-0.1, -0.05) is 25.7 Å². The molecule has 1 fully saturated rings. The number of rotatable bonds is 3. The van der Waals surface area contributed by atoms with Crippen molar-refractivity contribution in [1.82, 2.24) is 4.90 Å². The van der Waals surface area contributed by atoms with Crippen LogP contribution >= 0.6 is 11.3 Å². The Hall–Kier alpha value is -1.64. The second kappa shape index (κ2) is 6.21. The van der Waals surface area contributed by atoms with E-state index in [1.807, 2.05) is 12.1 Å². The van der Waals surface area contributed by atoms with Gasteiger partial charge in [0.15, 0.2) is 0 Å². The van der Waals surface area contributed by atoms with E-state index in [2.05, 4.69) is 11.8 Å². The van der Waals surface area contributed by atoms with Crippen molar-refractivity contribution in [2.75, 3.05) is 6.61 Å². The van der Waals surface area contributed by atoms with Crippen molar-refractivity contribution in [2.24, 2.45) is 11.8 Å². The smallest absolute Gasteiger partial charge is 0.233 e. The highest BCUT2D eigenvalue weighted by Crippen LogP contribution is 2.28. The largest absolute Gasteiger partial charge is 0.395 e. The van der Waals surface area contributed by atoms with E-state index in [1.54, 1.807) is 13.8 Å². The number of carbonyl (C=O) groups excluding carboxylic acids is 2. The van der Waals surface area contributed by atoms with E-state index in [1.165, 1.54) is 16.2 Å². The van der Waals surface area contributed by atoms with Crippen LogP contribution in [-0.2, 0) is 16.1 Å². The van der Waals surface area contributed by atoms with Crippen molar-refractivity contribution in [3.8, 4) is 11.8 Å². The zero-order chi connectivity index (χ0) is 14.7. The molecule has 0 saturated carbocycles. The zero-order valence-electron chi connectivity index (χ0n) is 11.5. The van der Waals surface area contributed by atoms with Crippen LogP contribution in [0, 0.1) is 23.7 Å². The molecule has 2 atom stereocenters. The Bertz CT molecular complexity index is 561. The van der Waals surface area contributed by atoms with E-state index in [0.29, 0.717) is 13.0 Å². The van der Waals surface area contributed by atoms with Crippen LogP contribution in [0.3, 0.4) is 0 Å². The topological polar surface area (TPSA) is 57.6 Å². The lowest BCUT2D eigenvalue weighted by Crippen LogP contribution is -2.29. The molecule has 0 radical (unpaired) electrons. The summed E-state index contributed by atoms with van der Waals surface area (Å²) in [5.74, 6) is 5.16. The summed E-state index contributed by atoms with van der Waals surface area (Å²) in [6, 6.07) is 3.77. The number of carbonyl (C=O) groups is 2. The first kappa shape index (κ1) is 14.8. The summed E-state index contributed by atoms with van der Waals surface area (Å²) in [6.07, 6.45) is 0.450. The lowest BCUT2D eigenvalue weighted by atomic mass is 10.00. The van der Waals surface area contributed by atoms with Crippen LogP contribution in [0.5, 0.6) is 0 Å². The highest BCUT2D eigenvalue weighted by Gasteiger charge is 2.42. The zero-order valence-corrected chi connectivity index (χ0v) is 12.4. The quantitative estimate of drug-likeness (QED) is 0.680. The molecule has 2 heterocycles. The third-order valence-electron chi connectivity index (χ3n) is 3.49. The molecule has 4 nitrogen and oxygen atoms in total. The molecule has 5 heteroatoms. The molecule has 1 N–H and O–H groups in total. The first-order valence-electron chi connectivity index (χ1n) is 6.58. The molecule has 1 aromatic heterocycles. The van der Waals surface area contributed by atoms with Crippen LogP contribution in [0.1, 0.15) is 30.0 Å². The molecule has 0 aromatic carbocycles. The molecule has 1 aliphatic heterocycles. The highest BCUT2D eigenvalue weighted by atomic mass is 32.1. The van der Waals surface area contributed by atoms with E-state index in [4.69, 9.17) is 5.11 Å². The predicted octanol–water partition coefficient (Wildman–Crippen LogP) is 1.62. The van der Waals surface area contributed by atoms with Gasteiger partial charge in [0.25, 0.3) is 0 Å². The summed E-state index contributed by atoms with van der Waals surface area (Å²) in [4.78, 5) is 27.2. The second-order valence-corrected chi connectivity index (χ2v) is 6.05. The first-order valence-corrected chi connectivity index (χ1v) is 7.40. The highest BCUT2D eigenvalue weighted by molar-refractivity contribution is 7.12. The fourth-order valence-electron chi connectivity index (χ4n) is 2.08. The molecule has 2 unspecified atom stereocenters. The Morgan fingerprint density at radius 2 is 1.90 bits per heavy atom. The van der Waals surface area contributed by atoms with Gasteiger partial charge in [0.05, 0.1) is 18.0 Å². The minimum absolute atomic E-state index is 0.0534. The minimum Gasteiger partial charge on any atom is -0.395 e. The normalized spacial score (nSPS) is 22.1. The maximum absolute atomic E-state index is 12.0. The third-order valence-corrected chi connectivity index (χ3v) is 4.47. The van der Waals surface area contributed by atoms with Gasteiger partial charge in [0.1, 0.15) is 0 Å². The molecular weight excluding hydrogens is 274 g/mol. The van der Waals surface area contributed by atoms with Gasteiger partial charge in [0.2, 0.25) is 11.8 Å². The molecule has 1 aromatic rings. The van der Waals surface area contributed by atoms with Crippen molar-refractivity contribution >= 4 is 23.2 Å². The Morgan fingerprint density at radius 3 is 2.50 bits per heavy atom. The molecule has 1 saturated heterocycles. The summed E-state index contributed by atoms with van der Waals surface area (Å²) < 4.78 is 0. The molecule has 2 amide bonds. The van der Waals surface area contributed by atoms with Gasteiger partial charge in [-0.15, -0.1) is 11.3 Å². The molecule has 0 bridgehead atoms. The molecule has 0 aliphatic carbocycles. The van der Waals surface area contributed by atoms with Gasteiger partial charge in [-0.2, -0.15) is 0 Å². The lowest BCUT2D eigenvalue weighted by molar-refractivity contribution is -0.140. The first-order chi connectivity index (χ1) is 9.54.